The molecule has 1 saturated heterocycles. The van der Waals surface area contributed by atoms with Crippen LogP contribution in [0.15, 0.2) is 0 Å². The van der Waals surface area contributed by atoms with Gasteiger partial charge in [0.25, 0.3) is 0 Å². The quantitative estimate of drug-likeness (QED) is 0.112. The number of rotatable bonds is 21. The lowest BCUT2D eigenvalue weighted by Crippen LogP contribution is -2.16. The Kier molecular flexibility index (Phi) is 15.7. The summed E-state index contributed by atoms with van der Waals surface area (Å²) >= 11 is 0. The van der Waals surface area contributed by atoms with Gasteiger partial charge in [-0.15, -0.1) is 0 Å². The molecule has 0 aliphatic carbocycles. The summed E-state index contributed by atoms with van der Waals surface area (Å²) in [6, 6.07) is 0. The maximum absolute atomic E-state index is 11.6. The summed E-state index contributed by atoms with van der Waals surface area (Å²) in [5.74, 6) is -0.697. The van der Waals surface area contributed by atoms with Crippen molar-refractivity contribution in [3.05, 3.63) is 0 Å². The fourth-order valence-electron chi connectivity index (χ4n) is 3.80. The van der Waals surface area contributed by atoms with Gasteiger partial charge < -0.3 is 9.47 Å². The molecular formula is C25H48O3. The van der Waals surface area contributed by atoms with Gasteiger partial charge in [-0.1, -0.05) is 122 Å². The van der Waals surface area contributed by atoms with Crippen molar-refractivity contribution in [2.45, 2.75) is 148 Å². The van der Waals surface area contributed by atoms with E-state index in [0.717, 1.165) is 12.8 Å². The Balaban J connectivity index is 1.66. The summed E-state index contributed by atoms with van der Waals surface area (Å²) in [4.78, 5) is 11.6. The molecule has 28 heavy (non-hydrogen) atoms. The molecule has 1 aliphatic rings. The fraction of sp³-hybridized carbons (Fsp3) is 0.960. The van der Waals surface area contributed by atoms with Gasteiger partial charge in [0, 0.05) is 13.3 Å². The largest absolute Gasteiger partial charge is 0.431 e. The molecule has 1 rings (SSSR count). The first-order chi connectivity index (χ1) is 13.7. The molecule has 0 saturated carbocycles. The topological polar surface area (TPSA) is 38.8 Å². The van der Waals surface area contributed by atoms with Crippen LogP contribution in [0.3, 0.4) is 0 Å². The summed E-state index contributed by atoms with van der Waals surface area (Å²) < 4.78 is 10.3. The van der Waals surface area contributed by atoms with Crippen LogP contribution in [0.25, 0.3) is 0 Å². The van der Waals surface area contributed by atoms with E-state index in [0.29, 0.717) is 13.0 Å². The first-order valence-corrected chi connectivity index (χ1v) is 12.5. The van der Waals surface area contributed by atoms with Crippen molar-refractivity contribution in [1.82, 2.24) is 0 Å². The van der Waals surface area contributed by atoms with E-state index >= 15 is 0 Å². The average Bonchev–Trinajstić information content (AvgIpc) is 3.40. The number of hydrogen-bond acceptors (Lipinski definition) is 3. The Labute approximate surface area is 175 Å². The van der Waals surface area contributed by atoms with Crippen molar-refractivity contribution < 1.29 is 14.3 Å². The van der Waals surface area contributed by atoms with E-state index in [4.69, 9.17) is 9.47 Å². The highest BCUT2D eigenvalue weighted by atomic mass is 16.8. The molecule has 0 aromatic rings. The van der Waals surface area contributed by atoms with Gasteiger partial charge in [0.15, 0.2) is 0 Å². The standard InChI is InChI=1S/C25H48O3/c1-3-4-5-6-7-8-9-10-11-12-13-14-15-16-17-18-19-20-21-22-24(26)28-25(2)23-27-25/h3-23H2,1-2H3. The Hall–Kier alpha value is -0.570. The molecule has 3 heteroatoms. The monoisotopic (exact) mass is 396 g/mol. The number of hydrogen-bond donors (Lipinski definition) is 0. The number of esters is 1. The third-order valence-electron chi connectivity index (χ3n) is 5.87. The molecule has 166 valence electrons. The van der Waals surface area contributed by atoms with Crippen molar-refractivity contribution in [2.24, 2.45) is 0 Å². The van der Waals surface area contributed by atoms with E-state index in [9.17, 15) is 4.79 Å². The van der Waals surface area contributed by atoms with Crippen LogP contribution >= 0.6 is 0 Å². The first-order valence-electron chi connectivity index (χ1n) is 12.5. The van der Waals surface area contributed by atoms with Gasteiger partial charge in [-0.2, -0.15) is 0 Å². The summed E-state index contributed by atoms with van der Waals surface area (Å²) in [5.41, 5.74) is 0. The molecule has 0 bridgehead atoms. The number of epoxide rings is 1. The second-order valence-electron chi connectivity index (χ2n) is 9.01. The van der Waals surface area contributed by atoms with Crippen LogP contribution in [0.2, 0.25) is 0 Å². The minimum Gasteiger partial charge on any atom is -0.431 e. The van der Waals surface area contributed by atoms with Crippen molar-refractivity contribution in [3.63, 3.8) is 0 Å². The SMILES string of the molecule is CCCCCCCCCCCCCCCCCCCCCC(=O)OC1(C)CO1. The van der Waals surface area contributed by atoms with Crippen LogP contribution in [0, 0.1) is 0 Å². The summed E-state index contributed by atoms with van der Waals surface area (Å²) in [5, 5.41) is 0. The lowest BCUT2D eigenvalue weighted by Gasteiger charge is -2.07. The predicted octanol–water partition coefficient (Wildman–Crippen LogP) is 8.10. The zero-order valence-electron chi connectivity index (χ0n) is 19.1. The van der Waals surface area contributed by atoms with E-state index in [1.165, 1.54) is 109 Å². The van der Waals surface area contributed by atoms with E-state index in [-0.39, 0.29) is 5.97 Å². The van der Waals surface area contributed by atoms with Crippen LogP contribution in [-0.2, 0) is 14.3 Å². The Morgan fingerprint density at radius 2 is 1.00 bits per heavy atom. The van der Waals surface area contributed by atoms with E-state index in [2.05, 4.69) is 6.92 Å². The second kappa shape index (κ2) is 17.3. The van der Waals surface area contributed by atoms with Crippen molar-refractivity contribution in [1.29, 1.82) is 0 Å². The van der Waals surface area contributed by atoms with Crippen molar-refractivity contribution in [3.8, 4) is 0 Å². The summed E-state index contributed by atoms with van der Waals surface area (Å²) in [6.07, 6.45) is 26.6. The highest BCUT2D eigenvalue weighted by molar-refractivity contribution is 5.69. The van der Waals surface area contributed by atoms with E-state index < -0.39 is 5.79 Å². The summed E-state index contributed by atoms with van der Waals surface area (Å²) in [6.45, 7) is 4.66. The molecule has 1 fully saturated rings. The maximum atomic E-state index is 11.6. The molecule has 1 unspecified atom stereocenters. The lowest BCUT2D eigenvalue weighted by atomic mass is 10.0. The zero-order valence-corrected chi connectivity index (χ0v) is 19.1. The minimum absolute atomic E-state index is 0.105. The molecule has 1 aliphatic heterocycles. The third-order valence-corrected chi connectivity index (χ3v) is 5.87. The van der Waals surface area contributed by atoms with Gasteiger partial charge in [0.2, 0.25) is 5.79 Å². The molecule has 3 nitrogen and oxygen atoms in total. The Morgan fingerprint density at radius 1 is 0.679 bits per heavy atom. The van der Waals surface area contributed by atoms with Crippen LogP contribution in [0.4, 0.5) is 0 Å². The van der Waals surface area contributed by atoms with E-state index in [1.807, 2.05) is 6.92 Å². The number of carbonyl (C=O) groups excluding carboxylic acids is 1. The number of unbranched alkanes of at least 4 members (excludes halogenated alkanes) is 18. The van der Waals surface area contributed by atoms with E-state index in [1.54, 1.807) is 0 Å². The molecule has 0 aromatic carbocycles. The van der Waals surface area contributed by atoms with Gasteiger partial charge in [-0.05, 0) is 6.42 Å². The summed E-state index contributed by atoms with van der Waals surface area (Å²) in [7, 11) is 0. The molecule has 0 aromatic heterocycles. The van der Waals surface area contributed by atoms with Crippen LogP contribution in [0.1, 0.15) is 142 Å². The molecule has 0 radical (unpaired) electrons. The van der Waals surface area contributed by atoms with Gasteiger partial charge in [-0.25, -0.2) is 0 Å². The normalized spacial score (nSPS) is 18.4. The van der Waals surface area contributed by atoms with Gasteiger partial charge in [0.05, 0.1) is 0 Å². The highest BCUT2D eigenvalue weighted by Crippen LogP contribution is 2.27. The van der Waals surface area contributed by atoms with Gasteiger partial charge in [-0.3, -0.25) is 4.79 Å². The molecule has 0 spiro atoms. The Bertz CT molecular complexity index is 363. The second-order valence-corrected chi connectivity index (χ2v) is 9.01. The zero-order chi connectivity index (χ0) is 20.3. The van der Waals surface area contributed by atoms with Gasteiger partial charge >= 0.3 is 5.97 Å². The number of carbonyl (C=O) groups is 1. The van der Waals surface area contributed by atoms with Crippen LogP contribution in [0.5, 0.6) is 0 Å². The molecule has 0 N–H and O–H groups in total. The number of ether oxygens (including phenoxy) is 2. The molecule has 1 heterocycles. The third kappa shape index (κ3) is 16.4. The maximum Gasteiger partial charge on any atom is 0.308 e. The van der Waals surface area contributed by atoms with Crippen LogP contribution < -0.4 is 0 Å². The minimum atomic E-state index is -0.592. The molecule has 1 atom stereocenters. The van der Waals surface area contributed by atoms with Crippen molar-refractivity contribution in [2.75, 3.05) is 6.61 Å². The fourth-order valence-corrected chi connectivity index (χ4v) is 3.80. The molecular weight excluding hydrogens is 348 g/mol. The molecule has 0 amide bonds. The highest BCUT2D eigenvalue weighted by Gasteiger charge is 2.43. The lowest BCUT2D eigenvalue weighted by molar-refractivity contribution is -0.157. The first kappa shape index (κ1) is 25.5. The van der Waals surface area contributed by atoms with Gasteiger partial charge in [0.1, 0.15) is 6.61 Å². The average molecular weight is 397 g/mol. The van der Waals surface area contributed by atoms with Crippen molar-refractivity contribution >= 4 is 5.97 Å². The smallest absolute Gasteiger partial charge is 0.308 e. The predicted molar refractivity (Wildman–Crippen MR) is 118 cm³/mol. The van der Waals surface area contributed by atoms with Crippen LogP contribution in [-0.4, -0.2) is 18.4 Å². The Morgan fingerprint density at radius 3 is 1.32 bits per heavy atom.